The standard InChI is InChI=1S/C21H24ClIN2O3/c22-18-6-4-16(5-7-18)17-8-10-24(11-9-17)25(20(26)14-23)19-3-1-2-15(12-19)13-21(27)28/h1-4,6,12,17H,5,7-11,13-14H2,(H,27,28). The SMILES string of the molecule is O=C(O)Cc1cccc(N(C(=O)CI)N2CCC(C3=CC=C(Cl)CC3)CC2)c1. The summed E-state index contributed by atoms with van der Waals surface area (Å²) in [5, 5.41) is 13.8. The van der Waals surface area contributed by atoms with Gasteiger partial charge in [-0.2, -0.15) is 0 Å². The highest BCUT2D eigenvalue weighted by Crippen LogP contribution is 2.33. The maximum absolute atomic E-state index is 12.7. The van der Waals surface area contributed by atoms with E-state index in [2.05, 4.69) is 33.7 Å². The number of amides is 1. The number of benzene rings is 1. The van der Waals surface area contributed by atoms with Crippen LogP contribution < -0.4 is 5.01 Å². The van der Waals surface area contributed by atoms with E-state index < -0.39 is 5.97 Å². The van der Waals surface area contributed by atoms with E-state index in [-0.39, 0.29) is 12.3 Å². The molecule has 1 heterocycles. The van der Waals surface area contributed by atoms with E-state index in [1.54, 1.807) is 17.1 Å². The first-order valence-corrected chi connectivity index (χ1v) is 11.4. The van der Waals surface area contributed by atoms with E-state index in [0.717, 1.165) is 49.5 Å². The van der Waals surface area contributed by atoms with Crippen LogP contribution in [0, 0.1) is 5.92 Å². The Morgan fingerprint density at radius 1 is 1.21 bits per heavy atom. The predicted octanol–water partition coefficient (Wildman–Crippen LogP) is 4.55. The highest BCUT2D eigenvalue weighted by molar-refractivity contribution is 14.1. The Balaban J connectivity index is 1.73. The smallest absolute Gasteiger partial charge is 0.307 e. The monoisotopic (exact) mass is 514 g/mol. The molecule has 1 aromatic carbocycles. The maximum atomic E-state index is 12.7. The number of carbonyl (C=O) groups excluding carboxylic acids is 1. The largest absolute Gasteiger partial charge is 0.481 e. The number of rotatable bonds is 6. The van der Waals surface area contributed by atoms with Crippen molar-refractivity contribution in [2.24, 2.45) is 5.92 Å². The highest BCUT2D eigenvalue weighted by atomic mass is 127. The van der Waals surface area contributed by atoms with Crippen molar-refractivity contribution in [3.05, 3.63) is 52.6 Å². The van der Waals surface area contributed by atoms with Crippen LogP contribution in [0.1, 0.15) is 31.2 Å². The Kier molecular flexibility index (Phi) is 7.54. The van der Waals surface area contributed by atoms with Crippen molar-refractivity contribution >= 4 is 51.8 Å². The zero-order valence-corrected chi connectivity index (χ0v) is 18.5. The first-order chi connectivity index (χ1) is 13.5. The Labute approximate surface area is 184 Å². The number of allylic oxidation sites excluding steroid dienone is 4. The molecule has 1 aliphatic heterocycles. The van der Waals surface area contributed by atoms with E-state index >= 15 is 0 Å². The number of carboxylic acids is 1. The lowest BCUT2D eigenvalue weighted by Gasteiger charge is -2.40. The van der Waals surface area contributed by atoms with Crippen molar-refractivity contribution in [2.45, 2.75) is 32.1 Å². The average Bonchev–Trinajstić information content (AvgIpc) is 2.69. The van der Waals surface area contributed by atoms with Crippen molar-refractivity contribution in [1.29, 1.82) is 0 Å². The minimum atomic E-state index is -0.875. The fourth-order valence-corrected chi connectivity index (χ4v) is 4.38. The van der Waals surface area contributed by atoms with Crippen LogP contribution in [0.2, 0.25) is 0 Å². The summed E-state index contributed by atoms with van der Waals surface area (Å²) in [5.74, 6) is -0.329. The van der Waals surface area contributed by atoms with Crippen molar-refractivity contribution in [1.82, 2.24) is 5.01 Å². The van der Waals surface area contributed by atoms with Crippen molar-refractivity contribution in [2.75, 3.05) is 22.5 Å². The summed E-state index contributed by atoms with van der Waals surface area (Å²) in [7, 11) is 0. The lowest BCUT2D eigenvalue weighted by molar-refractivity contribution is -0.136. The molecular weight excluding hydrogens is 491 g/mol. The van der Waals surface area contributed by atoms with E-state index in [0.29, 0.717) is 15.9 Å². The van der Waals surface area contributed by atoms with Gasteiger partial charge in [0, 0.05) is 18.1 Å². The molecule has 0 unspecified atom stereocenters. The van der Waals surface area contributed by atoms with Crippen LogP contribution >= 0.6 is 34.2 Å². The van der Waals surface area contributed by atoms with Gasteiger partial charge in [0.05, 0.1) is 16.5 Å². The molecule has 1 fully saturated rings. The van der Waals surface area contributed by atoms with Gasteiger partial charge < -0.3 is 5.11 Å². The van der Waals surface area contributed by atoms with E-state index in [1.165, 1.54) is 5.57 Å². The lowest BCUT2D eigenvalue weighted by Crippen LogP contribution is -2.51. The summed E-state index contributed by atoms with van der Waals surface area (Å²) in [6, 6.07) is 7.28. The fraction of sp³-hybridized carbons (Fsp3) is 0.429. The fourth-order valence-electron chi connectivity index (χ4n) is 3.90. The van der Waals surface area contributed by atoms with Crippen molar-refractivity contribution in [3.8, 4) is 0 Å². The summed E-state index contributed by atoms with van der Waals surface area (Å²) < 4.78 is 0.370. The number of carboxylic acid groups (broad SMARTS) is 1. The van der Waals surface area contributed by atoms with E-state index in [1.807, 2.05) is 18.2 Å². The first-order valence-electron chi connectivity index (χ1n) is 9.47. The molecule has 2 aliphatic rings. The number of hydrazine groups is 1. The van der Waals surface area contributed by atoms with Gasteiger partial charge >= 0.3 is 5.97 Å². The van der Waals surface area contributed by atoms with Gasteiger partial charge in [0.25, 0.3) is 5.91 Å². The highest BCUT2D eigenvalue weighted by Gasteiger charge is 2.29. The molecule has 1 aromatic rings. The second kappa shape index (κ2) is 9.89. The van der Waals surface area contributed by atoms with Gasteiger partial charge in [0.1, 0.15) is 0 Å². The maximum Gasteiger partial charge on any atom is 0.307 e. The summed E-state index contributed by atoms with van der Waals surface area (Å²) in [6.45, 7) is 1.59. The third kappa shape index (κ3) is 5.36. The number of alkyl halides is 1. The molecule has 1 N–H and O–H groups in total. The molecule has 1 saturated heterocycles. The molecule has 5 nitrogen and oxygen atoms in total. The van der Waals surface area contributed by atoms with E-state index in [9.17, 15) is 9.59 Å². The number of hydrogen-bond acceptors (Lipinski definition) is 3. The Hall–Kier alpha value is -1.38. The number of anilines is 1. The molecule has 0 bridgehead atoms. The molecule has 0 aromatic heterocycles. The van der Waals surface area contributed by atoms with Gasteiger partial charge in [0.15, 0.2) is 0 Å². The quantitative estimate of drug-likeness (QED) is 0.447. The Morgan fingerprint density at radius 3 is 2.57 bits per heavy atom. The van der Waals surface area contributed by atoms with Gasteiger partial charge in [-0.15, -0.1) is 0 Å². The Morgan fingerprint density at radius 2 is 1.96 bits per heavy atom. The molecule has 28 heavy (non-hydrogen) atoms. The minimum absolute atomic E-state index is 0.0122. The number of hydrogen-bond donors (Lipinski definition) is 1. The van der Waals surface area contributed by atoms with Crippen molar-refractivity contribution in [3.63, 3.8) is 0 Å². The Bertz CT molecular complexity index is 801. The number of carbonyl (C=O) groups is 2. The van der Waals surface area contributed by atoms with Crippen LogP contribution in [0.15, 0.2) is 47.0 Å². The van der Waals surface area contributed by atoms with Crippen molar-refractivity contribution < 1.29 is 14.7 Å². The molecule has 3 rings (SSSR count). The molecular formula is C21H24ClIN2O3. The summed E-state index contributed by atoms with van der Waals surface area (Å²) in [5.41, 5.74) is 2.90. The zero-order valence-electron chi connectivity index (χ0n) is 15.6. The zero-order chi connectivity index (χ0) is 20.1. The molecule has 0 saturated carbocycles. The summed E-state index contributed by atoms with van der Waals surface area (Å²) in [6.07, 6.45) is 8.06. The van der Waals surface area contributed by atoms with Gasteiger partial charge in [-0.25, -0.2) is 10.0 Å². The topological polar surface area (TPSA) is 60.9 Å². The summed E-state index contributed by atoms with van der Waals surface area (Å²) in [4.78, 5) is 23.7. The summed E-state index contributed by atoms with van der Waals surface area (Å²) >= 11 is 8.16. The van der Waals surface area contributed by atoms with Crippen LogP contribution in [0.5, 0.6) is 0 Å². The third-order valence-corrected chi connectivity index (χ3v) is 6.24. The number of nitrogens with zero attached hydrogens (tertiary/aromatic N) is 2. The molecule has 1 aliphatic carbocycles. The third-order valence-electron chi connectivity index (χ3n) is 5.27. The van der Waals surface area contributed by atoms with Crippen LogP contribution in [-0.4, -0.2) is 39.5 Å². The van der Waals surface area contributed by atoms with Gasteiger partial charge in [0.2, 0.25) is 0 Å². The number of halogens is 2. The van der Waals surface area contributed by atoms with Crippen LogP contribution in [0.3, 0.4) is 0 Å². The predicted molar refractivity (Wildman–Crippen MR) is 120 cm³/mol. The normalized spacial score (nSPS) is 18.4. The molecule has 150 valence electrons. The molecule has 1 amide bonds. The lowest BCUT2D eigenvalue weighted by atomic mass is 9.85. The van der Waals surface area contributed by atoms with Crippen LogP contribution in [0.4, 0.5) is 5.69 Å². The molecule has 0 spiro atoms. The van der Waals surface area contributed by atoms with Crippen LogP contribution in [-0.2, 0) is 16.0 Å². The molecule has 0 radical (unpaired) electrons. The molecule has 0 atom stereocenters. The van der Waals surface area contributed by atoms with E-state index in [4.69, 9.17) is 16.7 Å². The number of piperidine rings is 1. The minimum Gasteiger partial charge on any atom is -0.481 e. The van der Waals surface area contributed by atoms with Gasteiger partial charge in [-0.1, -0.05) is 58.0 Å². The first kappa shape index (κ1) is 21.3. The average molecular weight is 515 g/mol. The second-order valence-corrected chi connectivity index (χ2v) is 8.41. The number of aliphatic carboxylic acids is 1. The second-order valence-electron chi connectivity index (χ2n) is 7.16. The van der Waals surface area contributed by atoms with Crippen LogP contribution in [0.25, 0.3) is 0 Å². The molecule has 7 heteroatoms. The van der Waals surface area contributed by atoms with Gasteiger partial charge in [-0.05, 0) is 55.4 Å². The van der Waals surface area contributed by atoms with Gasteiger partial charge in [-0.3, -0.25) is 9.59 Å².